The molecular weight excluding hydrogens is 289 g/mol. The van der Waals surface area contributed by atoms with E-state index in [2.05, 4.69) is 27.6 Å². The van der Waals surface area contributed by atoms with Crippen LogP contribution in [0.1, 0.15) is 22.8 Å². The fourth-order valence-corrected chi connectivity index (χ4v) is 2.25. The number of fused-ring (bicyclic) bond motifs is 1. The third-order valence-electron chi connectivity index (χ3n) is 2.42. The van der Waals surface area contributed by atoms with E-state index < -0.39 is 0 Å². The van der Waals surface area contributed by atoms with Crippen LogP contribution in [0.3, 0.4) is 0 Å². The fourth-order valence-electron chi connectivity index (χ4n) is 1.55. The summed E-state index contributed by atoms with van der Waals surface area (Å²) in [6.45, 7) is 3.86. The van der Waals surface area contributed by atoms with E-state index >= 15 is 0 Å². The topological polar surface area (TPSA) is 29.4 Å². The van der Waals surface area contributed by atoms with Crippen molar-refractivity contribution in [1.82, 2.24) is 0 Å². The molecule has 1 aliphatic rings. The Balaban J connectivity index is 2.73. The van der Waals surface area contributed by atoms with Crippen molar-refractivity contribution < 1.29 is 4.79 Å². The maximum Gasteiger partial charge on any atom is 0.174 e. The van der Waals surface area contributed by atoms with Crippen LogP contribution in [0.4, 0.5) is 5.69 Å². The molecule has 0 N–H and O–H groups in total. The van der Waals surface area contributed by atoms with E-state index in [0.29, 0.717) is 0 Å². The molecule has 1 atom stereocenters. The summed E-state index contributed by atoms with van der Waals surface area (Å²) in [5.74, 6) is 0.0981. The molecule has 0 saturated heterocycles. The lowest BCUT2D eigenvalue weighted by Gasteiger charge is -2.16. The van der Waals surface area contributed by atoms with E-state index in [1.165, 1.54) is 0 Å². The third kappa shape index (κ3) is 1.39. The van der Waals surface area contributed by atoms with Crippen LogP contribution >= 0.6 is 22.6 Å². The monoisotopic (exact) mass is 299 g/mol. The normalized spacial score (nSPS) is 19.6. The van der Waals surface area contributed by atoms with Gasteiger partial charge in [0.2, 0.25) is 0 Å². The van der Waals surface area contributed by atoms with Gasteiger partial charge >= 0.3 is 0 Å². The molecule has 0 aromatic heterocycles. The van der Waals surface area contributed by atoms with Crippen molar-refractivity contribution in [2.45, 2.75) is 13.8 Å². The van der Waals surface area contributed by atoms with Crippen LogP contribution in [-0.4, -0.2) is 12.0 Å². The molecule has 72 valence electrons. The number of Topliss-reactive ketones (excluding diaryl/α,β-unsaturated/α-hetero) is 1. The maximum absolute atomic E-state index is 11.9. The second kappa shape index (κ2) is 3.46. The van der Waals surface area contributed by atoms with Gasteiger partial charge in [0.15, 0.2) is 5.78 Å². The number of carbonyl (C=O) groups excluding carboxylic acids is 1. The summed E-state index contributed by atoms with van der Waals surface area (Å²) in [6, 6.07) is 3.97. The minimum absolute atomic E-state index is 0.0854. The van der Waals surface area contributed by atoms with Crippen LogP contribution in [0.25, 0.3) is 0 Å². The first-order valence-corrected chi connectivity index (χ1v) is 5.56. The molecule has 1 heterocycles. The van der Waals surface area contributed by atoms with Crippen molar-refractivity contribution in [3.8, 4) is 0 Å². The molecular formula is C11H10INO. The molecule has 0 aliphatic carbocycles. The molecule has 0 bridgehead atoms. The number of rotatable bonds is 0. The first-order chi connectivity index (χ1) is 6.61. The highest BCUT2D eigenvalue weighted by Crippen LogP contribution is 2.32. The van der Waals surface area contributed by atoms with Gasteiger partial charge in [-0.3, -0.25) is 9.79 Å². The Morgan fingerprint density at radius 2 is 2.14 bits per heavy atom. The van der Waals surface area contributed by atoms with Crippen LogP contribution in [0.15, 0.2) is 17.1 Å². The van der Waals surface area contributed by atoms with Gasteiger partial charge in [0.25, 0.3) is 0 Å². The second-order valence-corrected chi connectivity index (χ2v) is 4.68. The molecule has 3 heteroatoms. The maximum atomic E-state index is 11.9. The quantitative estimate of drug-likeness (QED) is 0.677. The van der Waals surface area contributed by atoms with E-state index in [4.69, 9.17) is 0 Å². The summed E-state index contributed by atoms with van der Waals surface area (Å²) in [6.07, 6.45) is 1.73. The lowest BCUT2D eigenvalue weighted by atomic mass is 9.94. The summed E-state index contributed by atoms with van der Waals surface area (Å²) >= 11 is 2.19. The lowest BCUT2D eigenvalue weighted by Crippen LogP contribution is -2.18. The first kappa shape index (κ1) is 9.83. The predicted octanol–water partition coefficient (Wildman–Crippen LogP) is 3.13. The van der Waals surface area contributed by atoms with Crippen molar-refractivity contribution in [2.75, 3.05) is 0 Å². The van der Waals surface area contributed by atoms with Crippen LogP contribution in [-0.2, 0) is 0 Å². The van der Waals surface area contributed by atoms with Crippen molar-refractivity contribution in [3.63, 3.8) is 0 Å². The van der Waals surface area contributed by atoms with E-state index in [1.54, 1.807) is 6.21 Å². The van der Waals surface area contributed by atoms with Crippen molar-refractivity contribution in [2.24, 2.45) is 10.9 Å². The van der Waals surface area contributed by atoms with Crippen molar-refractivity contribution >= 4 is 40.3 Å². The number of halogens is 1. The third-order valence-corrected chi connectivity index (χ3v) is 3.31. The molecule has 2 rings (SSSR count). The Kier molecular flexibility index (Phi) is 2.43. The smallest absolute Gasteiger partial charge is 0.174 e. The largest absolute Gasteiger partial charge is 0.293 e. The molecule has 0 radical (unpaired) electrons. The predicted molar refractivity (Wildman–Crippen MR) is 65.5 cm³/mol. The zero-order valence-corrected chi connectivity index (χ0v) is 10.2. The first-order valence-electron chi connectivity index (χ1n) is 4.48. The molecule has 1 aromatic rings. The summed E-state index contributed by atoms with van der Waals surface area (Å²) in [4.78, 5) is 16.2. The van der Waals surface area contributed by atoms with Gasteiger partial charge < -0.3 is 0 Å². The standard InChI is InChI=1S/C11H10INO/c1-6-3-4-8(12)9-10(6)13-5-7(2)11(9)14/h3-5,7H,1-2H3. The second-order valence-electron chi connectivity index (χ2n) is 3.52. The molecule has 0 fully saturated rings. The van der Waals surface area contributed by atoms with Gasteiger partial charge in [0, 0.05) is 9.78 Å². The number of aliphatic imine (C=N–C) groups is 1. The molecule has 0 amide bonds. The van der Waals surface area contributed by atoms with E-state index in [-0.39, 0.29) is 11.7 Å². The molecule has 14 heavy (non-hydrogen) atoms. The highest BCUT2D eigenvalue weighted by molar-refractivity contribution is 14.1. The summed E-state index contributed by atoms with van der Waals surface area (Å²) in [5, 5.41) is 0. The Labute approximate surface area is 96.6 Å². The van der Waals surface area contributed by atoms with Gasteiger partial charge in [-0.2, -0.15) is 0 Å². The minimum Gasteiger partial charge on any atom is -0.293 e. The van der Waals surface area contributed by atoms with Crippen LogP contribution in [0.5, 0.6) is 0 Å². The number of benzene rings is 1. The van der Waals surface area contributed by atoms with Gasteiger partial charge in [-0.1, -0.05) is 13.0 Å². The summed E-state index contributed by atoms with van der Waals surface area (Å²) in [5.41, 5.74) is 2.71. The number of nitrogens with zero attached hydrogens (tertiary/aromatic N) is 1. The summed E-state index contributed by atoms with van der Waals surface area (Å²) < 4.78 is 0.997. The molecule has 0 saturated carbocycles. The number of ketones is 1. The molecule has 1 aliphatic heterocycles. The Morgan fingerprint density at radius 3 is 2.86 bits per heavy atom. The fraction of sp³-hybridized carbons (Fsp3) is 0.273. The number of carbonyl (C=O) groups is 1. The SMILES string of the molecule is Cc1ccc(I)c2c1N=CC(C)C2=O. The average molecular weight is 299 g/mol. The zero-order chi connectivity index (χ0) is 10.3. The van der Waals surface area contributed by atoms with Gasteiger partial charge in [-0.15, -0.1) is 0 Å². The Hall–Kier alpha value is -0.710. The Morgan fingerprint density at radius 1 is 1.43 bits per heavy atom. The number of hydrogen-bond donors (Lipinski definition) is 0. The van der Waals surface area contributed by atoms with Crippen molar-refractivity contribution in [3.05, 3.63) is 26.8 Å². The van der Waals surface area contributed by atoms with Gasteiger partial charge in [-0.25, -0.2) is 0 Å². The molecule has 1 aromatic carbocycles. The van der Waals surface area contributed by atoms with Crippen LogP contribution in [0, 0.1) is 16.4 Å². The summed E-state index contributed by atoms with van der Waals surface area (Å²) in [7, 11) is 0. The van der Waals surface area contributed by atoms with E-state index in [1.807, 2.05) is 26.0 Å². The highest BCUT2D eigenvalue weighted by atomic mass is 127. The lowest BCUT2D eigenvalue weighted by molar-refractivity contribution is 0.0961. The van der Waals surface area contributed by atoms with Crippen LogP contribution in [0.2, 0.25) is 0 Å². The number of hydrogen-bond acceptors (Lipinski definition) is 2. The van der Waals surface area contributed by atoms with Gasteiger partial charge in [-0.05, 0) is 41.1 Å². The average Bonchev–Trinajstić information content (AvgIpc) is 2.16. The van der Waals surface area contributed by atoms with Gasteiger partial charge in [0.05, 0.1) is 17.2 Å². The van der Waals surface area contributed by atoms with Crippen LogP contribution < -0.4 is 0 Å². The Bertz CT molecular complexity index is 437. The molecule has 2 nitrogen and oxygen atoms in total. The van der Waals surface area contributed by atoms with Gasteiger partial charge in [0.1, 0.15) is 0 Å². The van der Waals surface area contributed by atoms with E-state index in [0.717, 1.165) is 20.4 Å². The number of aryl methyl sites for hydroxylation is 1. The molecule has 1 unspecified atom stereocenters. The highest BCUT2D eigenvalue weighted by Gasteiger charge is 2.24. The molecule has 0 spiro atoms. The van der Waals surface area contributed by atoms with Crippen molar-refractivity contribution in [1.29, 1.82) is 0 Å². The zero-order valence-electron chi connectivity index (χ0n) is 8.04. The van der Waals surface area contributed by atoms with E-state index in [9.17, 15) is 4.79 Å². The minimum atomic E-state index is -0.0854.